The third-order valence-corrected chi connectivity index (χ3v) is 3.65. The van der Waals surface area contributed by atoms with Gasteiger partial charge in [0.05, 0.1) is 0 Å². The van der Waals surface area contributed by atoms with Gasteiger partial charge in [-0.3, -0.25) is 0 Å². The minimum absolute atomic E-state index is 0. The van der Waals surface area contributed by atoms with Gasteiger partial charge in [0.1, 0.15) is 12.4 Å². The van der Waals surface area contributed by atoms with Crippen molar-refractivity contribution in [1.29, 1.82) is 0 Å². The zero-order chi connectivity index (χ0) is 16.3. The third kappa shape index (κ3) is 7.35. The Morgan fingerprint density at radius 1 is 1.00 bits per heavy atom. The Bertz CT molecular complexity index is 572. The van der Waals surface area contributed by atoms with Crippen LogP contribution >= 0.6 is 12.4 Å². The van der Waals surface area contributed by atoms with Gasteiger partial charge < -0.3 is 14.8 Å². The van der Waals surface area contributed by atoms with Gasteiger partial charge in [-0.1, -0.05) is 48.0 Å². The summed E-state index contributed by atoms with van der Waals surface area (Å²) in [4.78, 5) is 0. The first-order valence-electron chi connectivity index (χ1n) is 8.34. The molecule has 0 saturated carbocycles. The van der Waals surface area contributed by atoms with Crippen LogP contribution < -0.4 is 10.1 Å². The molecule has 0 aromatic heterocycles. The SMILES string of the molecule is CCOCCCNCc1ccccc1OCc1ccc(C)cc1.Cl. The average molecular weight is 350 g/mol. The summed E-state index contributed by atoms with van der Waals surface area (Å²) in [6, 6.07) is 16.7. The van der Waals surface area contributed by atoms with Gasteiger partial charge in [0.25, 0.3) is 0 Å². The smallest absolute Gasteiger partial charge is 0.124 e. The standard InChI is InChI=1S/C20H27NO2.ClH/c1-3-22-14-6-13-21-15-19-7-4-5-8-20(19)23-16-18-11-9-17(2)10-12-18;/h4-5,7-12,21H,3,6,13-16H2,1-2H3;1H. The van der Waals surface area contributed by atoms with E-state index in [9.17, 15) is 0 Å². The first-order valence-corrected chi connectivity index (χ1v) is 8.34. The van der Waals surface area contributed by atoms with E-state index >= 15 is 0 Å². The van der Waals surface area contributed by atoms with Crippen LogP contribution in [-0.2, 0) is 17.9 Å². The molecule has 4 heteroatoms. The molecular weight excluding hydrogens is 322 g/mol. The fraction of sp³-hybridized carbons (Fsp3) is 0.400. The Morgan fingerprint density at radius 2 is 1.75 bits per heavy atom. The fourth-order valence-corrected chi connectivity index (χ4v) is 2.30. The number of nitrogens with one attached hydrogen (secondary N) is 1. The van der Waals surface area contributed by atoms with Crippen molar-refractivity contribution in [2.24, 2.45) is 0 Å². The highest BCUT2D eigenvalue weighted by molar-refractivity contribution is 5.85. The molecule has 0 radical (unpaired) electrons. The molecule has 0 unspecified atom stereocenters. The van der Waals surface area contributed by atoms with Crippen molar-refractivity contribution in [3.05, 3.63) is 65.2 Å². The van der Waals surface area contributed by atoms with Crippen LogP contribution in [0.25, 0.3) is 0 Å². The number of hydrogen-bond donors (Lipinski definition) is 1. The molecule has 1 N–H and O–H groups in total. The van der Waals surface area contributed by atoms with Crippen molar-refractivity contribution >= 4 is 12.4 Å². The van der Waals surface area contributed by atoms with E-state index in [1.807, 2.05) is 19.1 Å². The van der Waals surface area contributed by atoms with Crippen molar-refractivity contribution in [3.63, 3.8) is 0 Å². The number of aryl methyl sites for hydroxylation is 1. The van der Waals surface area contributed by atoms with E-state index in [4.69, 9.17) is 9.47 Å². The first-order chi connectivity index (χ1) is 11.3. The largest absolute Gasteiger partial charge is 0.489 e. The molecular formula is C20H28ClNO2. The zero-order valence-electron chi connectivity index (χ0n) is 14.6. The van der Waals surface area contributed by atoms with E-state index in [0.29, 0.717) is 6.61 Å². The number of rotatable bonds is 10. The van der Waals surface area contributed by atoms with Gasteiger partial charge >= 0.3 is 0 Å². The van der Waals surface area contributed by atoms with Crippen LogP contribution in [0.4, 0.5) is 0 Å². The highest BCUT2D eigenvalue weighted by Gasteiger charge is 2.03. The second kappa shape index (κ2) is 11.9. The summed E-state index contributed by atoms with van der Waals surface area (Å²) in [5.74, 6) is 0.949. The molecule has 0 aliphatic heterocycles. The highest BCUT2D eigenvalue weighted by atomic mass is 35.5. The molecule has 0 aliphatic rings. The van der Waals surface area contributed by atoms with E-state index < -0.39 is 0 Å². The van der Waals surface area contributed by atoms with Crippen LogP contribution in [0, 0.1) is 6.92 Å². The fourth-order valence-electron chi connectivity index (χ4n) is 2.30. The predicted octanol–water partition coefficient (Wildman–Crippen LogP) is 4.51. The number of halogens is 1. The van der Waals surface area contributed by atoms with E-state index in [2.05, 4.69) is 48.6 Å². The van der Waals surface area contributed by atoms with Crippen molar-refractivity contribution < 1.29 is 9.47 Å². The second-order valence-corrected chi connectivity index (χ2v) is 5.61. The number of ether oxygens (including phenoxy) is 2. The Balaban J connectivity index is 0.00000288. The normalized spacial score (nSPS) is 10.2. The van der Waals surface area contributed by atoms with E-state index in [0.717, 1.165) is 38.5 Å². The van der Waals surface area contributed by atoms with Crippen LogP contribution in [0.3, 0.4) is 0 Å². The van der Waals surface area contributed by atoms with Crippen LogP contribution in [-0.4, -0.2) is 19.8 Å². The van der Waals surface area contributed by atoms with Gasteiger partial charge in [-0.2, -0.15) is 0 Å². The lowest BCUT2D eigenvalue weighted by Crippen LogP contribution is -2.17. The second-order valence-electron chi connectivity index (χ2n) is 5.61. The molecule has 24 heavy (non-hydrogen) atoms. The molecule has 0 aliphatic carbocycles. The summed E-state index contributed by atoms with van der Waals surface area (Å²) >= 11 is 0. The molecule has 2 rings (SSSR count). The average Bonchev–Trinajstić information content (AvgIpc) is 2.58. The van der Waals surface area contributed by atoms with Crippen molar-refractivity contribution in [1.82, 2.24) is 5.32 Å². The van der Waals surface area contributed by atoms with Crippen LogP contribution in [0.15, 0.2) is 48.5 Å². The minimum Gasteiger partial charge on any atom is -0.489 e. The van der Waals surface area contributed by atoms with Gasteiger partial charge in [0, 0.05) is 25.3 Å². The van der Waals surface area contributed by atoms with Crippen molar-refractivity contribution in [3.8, 4) is 5.75 Å². The van der Waals surface area contributed by atoms with Crippen LogP contribution in [0.5, 0.6) is 5.75 Å². The Morgan fingerprint density at radius 3 is 2.50 bits per heavy atom. The van der Waals surface area contributed by atoms with Gasteiger partial charge in [0.2, 0.25) is 0 Å². The maximum Gasteiger partial charge on any atom is 0.124 e. The molecule has 0 amide bonds. The summed E-state index contributed by atoms with van der Waals surface area (Å²) in [5.41, 5.74) is 3.65. The molecule has 132 valence electrons. The molecule has 3 nitrogen and oxygen atoms in total. The predicted molar refractivity (Wildman–Crippen MR) is 102 cm³/mol. The number of benzene rings is 2. The Labute approximate surface area is 151 Å². The molecule has 0 atom stereocenters. The van der Waals surface area contributed by atoms with E-state index in [1.165, 1.54) is 16.7 Å². The maximum absolute atomic E-state index is 5.99. The monoisotopic (exact) mass is 349 g/mol. The number of para-hydroxylation sites is 1. The molecule has 0 bridgehead atoms. The van der Waals surface area contributed by atoms with Gasteiger partial charge in [-0.05, 0) is 38.4 Å². The van der Waals surface area contributed by atoms with Crippen LogP contribution in [0.2, 0.25) is 0 Å². The quantitative estimate of drug-likeness (QED) is 0.640. The van der Waals surface area contributed by atoms with E-state index in [-0.39, 0.29) is 12.4 Å². The molecule has 0 spiro atoms. The Kier molecular flexibility index (Phi) is 10.2. The third-order valence-electron chi connectivity index (χ3n) is 3.65. The van der Waals surface area contributed by atoms with Gasteiger partial charge in [0.15, 0.2) is 0 Å². The summed E-state index contributed by atoms with van der Waals surface area (Å²) in [6.07, 6.45) is 1.03. The lowest BCUT2D eigenvalue weighted by Gasteiger charge is -2.12. The molecule has 2 aromatic rings. The lowest BCUT2D eigenvalue weighted by molar-refractivity contribution is 0.144. The molecule has 0 saturated heterocycles. The summed E-state index contributed by atoms with van der Waals surface area (Å²) in [6.45, 7) is 8.08. The first kappa shape index (κ1) is 20.5. The molecule has 2 aromatic carbocycles. The van der Waals surface area contributed by atoms with Crippen molar-refractivity contribution in [2.75, 3.05) is 19.8 Å². The summed E-state index contributed by atoms with van der Waals surface area (Å²) in [7, 11) is 0. The zero-order valence-corrected chi connectivity index (χ0v) is 15.4. The molecule has 0 fully saturated rings. The van der Waals surface area contributed by atoms with Gasteiger partial charge in [-0.15, -0.1) is 12.4 Å². The summed E-state index contributed by atoms with van der Waals surface area (Å²) in [5, 5.41) is 3.45. The number of hydrogen-bond acceptors (Lipinski definition) is 3. The van der Waals surface area contributed by atoms with Crippen LogP contribution in [0.1, 0.15) is 30.0 Å². The maximum atomic E-state index is 5.99. The lowest BCUT2D eigenvalue weighted by atomic mass is 10.1. The van der Waals surface area contributed by atoms with Gasteiger partial charge in [-0.25, -0.2) is 0 Å². The minimum atomic E-state index is 0. The highest BCUT2D eigenvalue weighted by Crippen LogP contribution is 2.19. The summed E-state index contributed by atoms with van der Waals surface area (Å²) < 4.78 is 11.3. The topological polar surface area (TPSA) is 30.5 Å². The van der Waals surface area contributed by atoms with E-state index in [1.54, 1.807) is 0 Å². The molecule has 0 heterocycles. The van der Waals surface area contributed by atoms with Crippen molar-refractivity contribution in [2.45, 2.75) is 33.4 Å². The Hall–Kier alpha value is -1.55.